The fraction of sp³-hybridized carbons (Fsp3) is 0.286. The number of ether oxygens (including phenoxy) is 1. The fourth-order valence-electron chi connectivity index (χ4n) is 2.07. The Morgan fingerprint density at radius 2 is 2.27 bits per heavy atom. The Kier molecular flexibility index (Phi) is 4.01. The minimum absolute atomic E-state index is 0.313. The van der Waals surface area contributed by atoms with Crippen molar-refractivity contribution in [3.8, 4) is 10.7 Å². The number of nitrogens with zero attached hydrogens (tertiary/aromatic N) is 4. The summed E-state index contributed by atoms with van der Waals surface area (Å²) in [4.78, 5) is 12.7. The van der Waals surface area contributed by atoms with Crippen LogP contribution in [0.1, 0.15) is 13.3 Å². The number of hydrogen-bond donors (Lipinski definition) is 1. The van der Waals surface area contributed by atoms with Crippen LogP contribution in [0.15, 0.2) is 29.6 Å². The standard InChI is InChI=1S/C14H15N5O2S/c1-3-9(14(20)21-2)15-11-6-7-12-16-17-13(19(12)18-11)10-5-4-8-22-10/h4-9H,3H2,1-2H3,(H,15,18). The first-order valence-corrected chi connectivity index (χ1v) is 7.71. The molecule has 114 valence electrons. The Balaban J connectivity index is 1.95. The van der Waals surface area contributed by atoms with Gasteiger partial charge in [0.1, 0.15) is 11.9 Å². The number of carbonyl (C=O) groups excluding carboxylic acids is 1. The van der Waals surface area contributed by atoms with E-state index in [0.717, 1.165) is 4.88 Å². The molecule has 1 atom stereocenters. The van der Waals surface area contributed by atoms with Crippen molar-refractivity contribution in [2.24, 2.45) is 0 Å². The number of fused-ring (bicyclic) bond motifs is 1. The lowest BCUT2D eigenvalue weighted by atomic mass is 10.2. The monoisotopic (exact) mass is 317 g/mol. The molecule has 3 aromatic rings. The summed E-state index contributed by atoms with van der Waals surface area (Å²) in [5, 5.41) is 17.8. The molecule has 0 aliphatic carbocycles. The van der Waals surface area contributed by atoms with E-state index in [1.807, 2.05) is 30.5 Å². The molecule has 0 saturated heterocycles. The van der Waals surface area contributed by atoms with Gasteiger partial charge in [-0.1, -0.05) is 13.0 Å². The van der Waals surface area contributed by atoms with Crippen LogP contribution in [0.2, 0.25) is 0 Å². The molecule has 1 unspecified atom stereocenters. The summed E-state index contributed by atoms with van der Waals surface area (Å²) in [7, 11) is 1.37. The Labute approximate surface area is 130 Å². The molecule has 0 aliphatic rings. The molecule has 0 spiro atoms. The predicted molar refractivity (Wildman–Crippen MR) is 83.8 cm³/mol. The van der Waals surface area contributed by atoms with Crippen LogP contribution in [0.25, 0.3) is 16.3 Å². The van der Waals surface area contributed by atoms with E-state index in [2.05, 4.69) is 20.6 Å². The van der Waals surface area contributed by atoms with E-state index in [0.29, 0.717) is 23.7 Å². The third-order valence-electron chi connectivity index (χ3n) is 3.22. The zero-order valence-electron chi connectivity index (χ0n) is 12.2. The second-order valence-corrected chi connectivity index (χ2v) is 5.57. The van der Waals surface area contributed by atoms with Crippen LogP contribution in [-0.2, 0) is 9.53 Å². The molecule has 1 N–H and O–H groups in total. The zero-order valence-corrected chi connectivity index (χ0v) is 13.0. The normalized spacial score (nSPS) is 12.3. The third kappa shape index (κ3) is 2.64. The van der Waals surface area contributed by atoms with Crippen LogP contribution >= 0.6 is 11.3 Å². The van der Waals surface area contributed by atoms with Crippen LogP contribution in [0, 0.1) is 0 Å². The molecule has 0 radical (unpaired) electrons. The van der Waals surface area contributed by atoms with Gasteiger partial charge < -0.3 is 10.1 Å². The highest BCUT2D eigenvalue weighted by Gasteiger charge is 2.18. The van der Waals surface area contributed by atoms with E-state index in [4.69, 9.17) is 4.74 Å². The molecular formula is C14H15N5O2S. The first kappa shape index (κ1) is 14.5. The summed E-state index contributed by atoms with van der Waals surface area (Å²) < 4.78 is 6.44. The van der Waals surface area contributed by atoms with Gasteiger partial charge in [0, 0.05) is 0 Å². The summed E-state index contributed by atoms with van der Waals surface area (Å²) in [5.74, 6) is 0.939. The second kappa shape index (κ2) is 6.10. The molecular weight excluding hydrogens is 302 g/mol. The quantitative estimate of drug-likeness (QED) is 0.727. The van der Waals surface area contributed by atoms with Crippen molar-refractivity contribution in [2.45, 2.75) is 19.4 Å². The maximum atomic E-state index is 11.7. The largest absolute Gasteiger partial charge is 0.467 e. The summed E-state index contributed by atoms with van der Waals surface area (Å²) in [5.41, 5.74) is 0.653. The van der Waals surface area contributed by atoms with Crippen LogP contribution in [0.5, 0.6) is 0 Å². The number of aromatic nitrogens is 4. The highest BCUT2D eigenvalue weighted by atomic mass is 32.1. The maximum absolute atomic E-state index is 11.7. The van der Waals surface area contributed by atoms with Gasteiger partial charge in [-0.05, 0) is 30.0 Å². The number of methoxy groups -OCH3 is 1. The number of anilines is 1. The van der Waals surface area contributed by atoms with Crippen molar-refractivity contribution >= 4 is 28.8 Å². The van der Waals surface area contributed by atoms with Gasteiger partial charge >= 0.3 is 5.97 Å². The van der Waals surface area contributed by atoms with E-state index in [9.17, 15) is 4.79 Å². The highest BCUT2D eigenvalue weighted by Crippen LogP contribution is 2.23. The molecule has 0 saturated carbocycles. The number of esters is 1. The SMILES string of the molecule is CCC(Nc1ccc2nnc(-c3cccs3)n2n1)C(=O)OC. The topological polar surface area (TPSA) is 81.4 Å². The molecule has 8 heteroatoms. The van der Waals surface area contributed by atoms with Crippen molar-refractivity contribution in [2.75, 3.05) is 12.4 Å². The van der Waals surface area contributed by atoms with E-state index in [1.165, 1.54) is 7.11 Å². The van der Waals surface area contributed by atoms with Crippen molar-refractivity contribution in [1.82, 2.24) is 19.8 Å². The Hall–Kier alpha value is -2.48. The predicted octanol–water partition coefficient (Wildman–Crippen LogP) is 2.22. The lowest BCUT2D eigenvalue weighted by Gasteiger charge is -2.14. The van der Waals surface area contributed by atoms with E-state index >= 15 is 0 Å². The third-order valence-corrected chi connectivity index (χ3v) is 4.09. The van der Waals surface area contributed by atoms with Crippen LogP contribution in [0.4, 0.5) is 5.82 Å². The Morgan fingerprint density at radius 3 is 2.95 bits per heavy atom. The molecule has 0 bridgehead atoms. The smallest absolute Gasteiger partial charge is 0.328 e. The van der Waals surface area contributed by atoms with E-state index < -0.39 is 6.04 Å². The number of thiophene rings is 1. The first-order valence-electron chi connectivity index (χ1n) is 6.83. The summed E-state index contributed by atoms with van der Waals surface area (Å²) in [6.07, 6.45) is 0.604. The molecule has 7 nitrogen and oxygen atoms in total. The Bertz CT molecular complexity index is 784. The summed E-state index contributed by atoms with van der Waals surface area (Å²) in [6.45, 7) is 1.91. The van der Waals surface area contributed by atoms with E-state index in [1.54, 1.807) is 21.9 Å². The molecule has 3 heterocycles. The highest BCUT2D eigenvalue weighted by molar-refractivity contribution is 7.13. The van der Waals surface area contributed by atoms with E-state index in [-0.39, 0.29) is 5.97 Å². The Morgan fingerprint density at radius 1 is 1.41 bits per heavy atom. The zero-order chi connectivity index (χ0) is 15.5. The average molecular weight is 317 g/mol. The summed E-state index contributed by atoms with van der Waals surface area (Å²) in [6, 6.07) is 7.06. The number of carbonyl (C=O) groups is 1. The molecule has 3 aromatic heterocycles. The van der Waals surface area contributed by atoms with Gasteiger partial charge in [-0.3, -0.25) is 0 Å². The molecule has 3 rings (SSSR count). The van der Waals surface area contributed by atoms with Crippen LogP contribution < -0.4 is 5.32 Å². The van der Waals surface area contributed by atoms with Crippen molar-refractivity contribution in [3.05, 3.63) is 29.6 Å². The van der Waals surface area contributed by atoms with Crippen molar-refractivity contribution in [3.63, 3.8) is 0 Å². The van der Waals surface area contributed by atoms with Gasteiger partial charge in [0.2, 0.25) is 0 Å². The van der Waals surface area contributed by atoms with Crippen LogP contribution in [0.3, 0.4) is 0 Å². The average Bonchev–Trinajstić information content (AvgIpc) is 3.20. The van der Waals surface area contributed by atoms with Gasteiger partial charge in [-0.15, -0.1) is 26.6 Å². The lowest BCUT2D eigenvalue weighted by molar-refractivity contribution is -0.141. The van der Waals surface area contributed by atoms with Crippen molar-refractivity contribution in [1.29, 1.82) is 0 Å². The van der Waals surface area contributed by atoms with Gasteiger partial charge in [-0.2, -0.15) is 4.52 Å². The number of nitrogens with one attached hydrogen (secondary N) is 1. The molecule has 22 heavy (non-hydrogen) atoms. The van der Waals surface area contributed by atoms with Gasteiger partial charge in [0.15, 0.2) is 11.5 Å². The first-order chi connectivity index (χ1) is 10.7. The molecule has 0 fully saturated rings. The van der Waals surface area contributed by atoms with Crippen molar-refractivity contribution < 1.29 is 9.53 Å². The van der Waals surface area contributed by atoms with Gasteiger partial charge in [0.05, 0.1) is 12.0 Å². The minimum Gasteiger partial charge on any atom is -0.467 e. The number of rotatable bonds is 5. The van der Waals surface area contributed by atoms with Gasteiger partial charge in [0.25, 0.3) is 0 Å². The molecule has 0 aliphatic heterocycles. The number of hydrogen-bond acceptors (Lipinski definition) is 7. The summed E-state index contributed by atoms with van der Waals surface area (Å²) >= 11 is 1.57. The molecule has 0 aromatic carbocycles. The lowest BCUT2D eigenvalue weighted by Crippen LogP contribution is -2.30. The minimum atomic E-state index is -0.434. The molecule has 0 amide bonds. The van der Waals surface area contributed by atoms with Crippen LogP contribution in [-0.4, -0.2) is 38.9 Å². The fourth-order valence-corrected chi connectivity index (χ4v) is 2.77. The maximum Gasteiger partial charge on any atom is 0.328 e. The second-order valence-electron chi connectivity index (χ2n) is 4.62. The van der Waals surface area contributed by atoms with Gasteiger partial charge in [-0.25, -0.2) is 4.79 Å².